The molecule has 3 atom stereocenters. The largest absolute Gasteiger partial charge is 0.469 e. The van der Waals surface area contributed by atoms with E-state index in [9.17, 15) is 29.5 Å². The molecule has 0 radical (unpaired) electrons. The normalized spacial score (nSPS) is 16.2. The van der Waals surface area contributed by atoms with Gasteiger partial charge in [-0.15, -0.1) is 0 Å². The minimum Gasteiger partial charge on any atom is -0.388 e. The second-order valence-electron chi connectivity index (χ2n) is 7.23. The van der Waals surface area contributed by atoms with Gasteiger partial charge in [-0.2, -0.15) is 0 Å². The number of aromatic nitrogens is 2. The number of benzene rings is 1. The van der Waals surface area contributed by atoms with Gasteiger partial charge in [0.15, 0.2) is 0 Å². The number of anilines is 4. The van der Waals surface area contributed by atoms with Crippen molar-refractivity contribution in [2.45, 2.75) is 32.2 Å². The lowest BCUT2D eigenvalue weighted by atomic mass is 10.0. The van der Waals surface area contributed by atoms with Gasteiger partial charge in [0.05, 0.1) is 24.5 Å². The monoisotopic (exact) mass is 458 g/mol. The van der Waals surface area contributed by atoms with Gasteiger partial charge in [0, 0.05) is 0 Å². The molecule has 0 saturated heterocycles. The molecule has 0 aliphatic carbocycles. The van der Waals surface area contributed by atoms with Crippen LogP contribution in [0, 0.1) is 13.8 Å². The third-order valence-corrected chi connectivity index (χ3v) is 5.41. The van der Waals surface area contributed by atoms with E-state index in [1.54, 1.807) is 12.1 Å². The number of aliphatic hydroxyl groups is 3. The molecule has 0 saturated carbocycles. The van der Waals surface area contributed by atoms with Gasteiger partial charge in [0.2, 0.25) is 0 Å². The number of aromatic amines is 2. The Labute approximate surface area is 175 Å². The third-order valence-electron chi connectivity index (χ3n) is 4.93. The van der Waals surface area contributed by atoms with Crippen LogP contribution in [0.15, 0.2) is 21.7 Å². The second-order valence-corrected chi connectivity index (χ2v) is 8.47. The Morgan fingerprint density at radius 1 is 1.06 bits per heavy atom. The maximum Gasteiger partial charge on any atom is 0.469 e. The molecule has 14 heteroatoms. The fourth-order valence-electron chi connectivity index (χ4n) is 3.19. The van der Waals surface area contributed by atoms with Crippen molar-refractivity contribution in [3.8, 4) is 0 Å². The molecular weight excluding hydrogens is 435 g/mol. The van der Waals surface area contributed by atoms with Crippen LogP contribution in [0.25, 0.3) is 0 Å². The van der Waals surface area contributed by atoms with E-state index in [1.807, 2.05) is 13.8 Å². The molecule has 2 aromatic rings. The summed E-state index contributed by atoms with van der Waals surface area (Å²) in [6.45, 7) is 2.41. The molecule has 1 aliphatic rings. The number of hydrogen-bond donors (Lipinski definition) is 8. The van der Waals surface area contributed by atoms with Crippen LogP contribution < -0.4 is 21.5 Å². The molecule has 3 rings (SSSR count). The first-order chi connectivity index (χ1) is 14.4. The van der Waals surface area contributed by atoms with Crippen LogP contribution in [0.1, 0.15) is 11.1 Å². The number of nitrogens with zero attached hydrogens (tertiary/aromatic N) is 1. The molecule has 2 heterocycles. The summed E-state index contributed by atoms with van der Waals surface area (Å²) >= 11 is 0. The predicted molar refractivity (Wildman–Crippen MR) is 110 cm³/mol. The Morgan fingerprint density at radius 2 is 1.71 bits per heavy atom. The molecule has 0 unspecified atom stereocenters. The first-order valence-electron chi connectivity index (χ1n) is 9.14. The summed E-state index contributed by atoms with van der Waals surface area (Å²) < 4.78 is 14.9. The highest BCUT2D eigenvalue weighted by Crippen LogP contribution is 2.42. The van der Waals surface area contributed by atoms with Gasteiger partial charge in [-0.25, -0.2) is 9.36 Å². The number of aliphatic hydroxyl groups excluding tert-OH is 3. The highest BCUT2D eigenvalue weighted by atomic mass is 31.2. The number of H-pyrrole nitrogens is 2. The Kier molecular flexibility index (Phi) is 6.39. The van der Waals surface area contributed by atoms with Crippen LogP contribution in [-0.2, 0) is 9.09 Å². The van der Waals surface area contributed by atoms with Crippen molar-refractivity contribution in [2.75, 3.05) is 23.4 Å². The van der Waals surface area contributed by atoms with E-state index in [4.69, 9.17) is 9.79 Å². The van der Waals surface area contributed by atoms with Gasteiger partial charge in [0.25, 0.3) is 5.56 Å². The summed E-state index contributed by atoms with van der Waals surface area (Å²) in [5.74, 6) is 0.0386. The highest BCUT2D eigenvalue weighted by Gasteiger charge is 2.33. The van der Waals surface area contributed by atoms with Crippen LogP contribution >= 0.6 is 7.82 Å². The summed E-state index contributed by atoms with van der Waals surface area (Å²) in [5, 5.41) is 33.5. The number of phosphoric ester groups is 1. The number of rotatable bonds is 7. The summed E-state index contributed by atoms with van der Waals surface area (Å²) in [6, 6.07) is 3.53. The molecule has 0 spiro atoms. The Bertz CT molecular complexity index is 1140. The smallest absolute Gasteiger partial charge is 0.388 e. The third kappa shape index (κ3) is 5.05. The minimum atomic E-state index is -4.88. The van der Waals surface area contributed by atoms with Crippen molar-refractivity contribution in [3.63, 3.8) is 0 Å². The Morgan fingerprint density at radius 3 is 2.35 bits per heavy atom. The molecule has 170 valence electrons. The lowest BCUT2D eigenvalue weighted by Crippen LogP contribution is -2.46. The summed E-state index contributed by atoms with van der Waals surface area (Å²) in [4.78, 5) is 47.6. The maximum absolute atomic E-state index is 12.3. The van der Waals surface area contributed by atoms with Gasteiger partial charge in [-0.05, 0) is 37.1 Å². The molecule has 13 nitrogen and oxygen atoms in total. The topological polar surface area (TPSA) is 208 Å². The summed E-state index contributed by atoms with van der Waals surface area (Å²) in [5.41, 5.74) is 1.34. The number of hydrogen-bond acceptors (Lipinski definition) is 9. The van der Waals surface area contributed by atoms with E-state index in [2.05, 4.69) is 19.8 Å². The minimum absolute atomic E-state index is 0.0161. The predicted octanol–water partition coefficient (Wildman–Crippen LogP) is -0.933. The Balaban J connectivity index is 1.95. The van der Waals surface area contributed by atoms with Crippen LogP contribution in [-0.4, -0.2) is 66.5 Å². The van der Waals surface area contributed by atoms with Gasteiger partial charge in [-0.3, -0.25) is 19.3 Å². The van der Waals surface area contributed by atoms with E-state index < -0.39 is 44.0 Å². The summed E-state index contributed by atoms with van der Waals surface area (Å²) in [6.07, 6.45) is -5.32. The standard InChI is InChI=1S/C17H23N4O9P/c1-7-3-9-10(4-8(7)2)21(15-13(18-9)16(25)20-17(26)19-15)5-11(22)14(24)12(23)6-30-31(27,28)29/h3-4,11-12,14,18,22-24H,5-6H2,1-2H3,(H2,27,28,29)(H2,19,20,25,26)/t11-,12-,14-/m1/s1. The first kappa shape index (κ1) is 23.2. The molecule has 1 aromatic carbocycles. The molecular formula is C17H23N4O9P. The van der Waals surface area contributed by atoms with Crippen molar-refractivity contribution in [2.24, 2.45) is 0 Å². The van der Waals surface area contributed by atoms with Crippen molar-refractivity contribution in [1.82, 2.24) is 9.97 Å². The quantitative estimate of drug-likeness (QED) is 0.238. The number of fused-ring (bicyclic) bond motifs is 2. The van der Waals surface area contributed by atoms with Gasteiger partial charge in [0.1, 0.15) is 29.8 Å². The fraction of sp³-hybridized carbons (Fsp3) is 0.412. The van der Waals surface area contributed by atoms with E-state index in [0.29, 0.717) is 11.4 Å². The first-order valence-corrected chi connectivity index (χ1v) is 10.7. The molecule has 1 aliphatic heterocycles. The van der Waals surface area contributed by atoms with Crippen molar-refractivity contribution < 1.29 is 34.2 Å². The number of phosphoric acid groups is 1. The van der Waals surface area contributed by atoms with Gasteiger partial charge < -0.3 is 35.3 Å². The van der Waals surface area contributed by atoms with Crippen LogP contribution in [0.5, 0.6) is 0 Å². The SMILES string of the molecule is Cc1cc2c(cc1C)N(C[C@@H](O)[C@@H](O)[C@H](O)COP(=O)(O)O)c1[nH]c(=O)[nH]c(=O)c1N2. The average Bonchev–Trinajstić information content (AvgIpc) is 2.67. The highest BCUT2D eigenvalue weighted by molar-refractivity contribution is 7.46. The van der Waals surface area contributed by atoms with E-state index in [1.165, 1.54) is 4.90 Å². The molecule has 0 fully saturated rings. The zero-order chi connectivity index (χ0) is 23.1. The average molecular weight is 458 g/mol. The second kappa shape index (κ2) is 8.55. The van der Waals surface area contributed by atoms with Crippen molar-refractivity contribution in [3.05, 3.63) is 44.1 Å². The number of nitrogens with one attached hydrogen (secondary N) is 3. The zero-order valence-electron chi connectivity index (χ0n) is 16.6. The van der Waals surface area contributed by atoms with Gasteiger partial charge in [-0.1, -0.05) is 0 Å². The van der Waals surface area contributed by atoms with Crippen LogP contribution in [0.4, 0.5) is 22.9 Å². The fourth-order valence-corrected chi connectivity index (χ4v) is 3.53. The summed E-state index contributed by atoms with van der Waals surface area (Å²) in [7, 11) is -4.88. The van der Waals surface area contributed by atoms with Crippen LogP contribution in [0.3, 0.4) is 0 Å². The van der Waals surface area contributed by atoms with Crippen LogP contribution in [0.2, 0.25) is 0 Å². The van der Waals surface area contributed by atoms with E-state index in [0.717, 1.165) is 11.1 Å². The van der Waals surface area contributed by atoms with E-state index >= 15 is 0 Å². The number of β-amino-alcohol motifs (C(OH)–C–C–N with tert-alkyl or cyclic N) is 1. The van der Waals surface area contributed by atoms with Crippen molar-refractivity contribution in [1.29, 1.82) is 0 Å². The Hall–Kier alpha value is -2.51. The van der Waals surface area contributed by atoms with E-state index in [-0.39, 0.29) is 18.1 Å². The maximum atomic E-state index is 12.3. The number of aryl methyl sites for hydroxylation is 2. The molecule has 8 N–H and O–H groups in total. The zero-order valence-corrected chi connectivity index (χ0v) is 17.5. The van der Waals surface area contributed by atoms with Gasteiger partial charge >= 0.3 is 13.5 Å². The van der Waals surface area contributed by atoms with Crippen molar-refractivity contribution >= 4 is 30.7 Å². The lowest BCUT2D eigenvalue weighted by Gasteiger charge is -2.35. The molecule has 31 heavy (non-hydrogen) atoms. The molecule has 0 bridgehead atoms. The molecule has 0 amide bonds. The lowest BCUT2D eigenvalue weighted by molar-refractivity contribution is -0.0717. The molecule has 1 aromatic heterocycles.